The molecule has 1 amide bonds. The molecule has 0 aliphatic carbocycles. The van der Waals surface area contributed by atoms with Crippen LogP contribution >= 0.6 is 11.6 Å². The van der Waals surface area contributed by atoms with Gasteiger partial charge in [-0.15, -0.1) is 0 Å². The number of carbonyl (C=O) groups excluding carboxylic acids is 1. The van der Waals surface area contributed by atoms with Gasteiger partial charge >= 0.3 is 0 Å². The summed E-state index contributed by atoms with van der Waals surface area (Å²) in [5, 5.41) is 3.73. The Labute approximate surface area is 148 Å². The molecule has 1 aromatic heterocycles. The van der Waals surface area contributed by atoms with Crippen LogP contribution in [-0.4, -0.2) is 31.4 Å². The van der Waals surface area contributed by atoms with Crippen LogP contribution in [0.2, 0.25) is 5.02 Å². The van der Waals surface area contributed by atoms with Crippen molar-refractivity contribution in [2.24, 2.45) is 0 Å². The molecule has 1 aromatic carbocycles. The SMILES string of the molecule is Cc1ccc(/C=C/C(=O)NC(CCN(C)C)c2ccc(Cl)cc2)o1. The van der Waals surface area contributed by atoms with Crippen molar-refractivity contribution in [3.05, 3.63) is 64.6 Å². The van der Waals surface area contributed by atoms with Crippen LogP contribution in [0.15, 0.2) is 46.9 Å². The van der Waals surface area contributed by atoms with Crippen molar-refractivity contribution in [2.45, 2.75) is 19.4 Å². The highest BCUT2D eigenvalue weighted by molar-refractivity contribution is 6.30. The predicted octanol–water partition coefficient (Wildman–Crippen LogP) is 4.06. The Kier molecular flexibility index (Phi) is 6.64. The van der Waals surface area contributed by atoms with E-state index in [0.29, 0.717) is 10.8 Å². The van der Waals surface area contributed by atoms with E-state index in [9.17, 15) is 4.79 Å². The molecular weight excluding hydrogens is 324 g/mol. The van der Waals surface area contributed by atoms with Crippen LogP contribution in [-0.2, 0) is 4.79 Å². The van der Waals surface area contributed by atoms with E-state index < -0.39 is 0 Å². The van der Waals surface area contributed by atoms with E-state index >= 15 is 0 Å². The number of hydrogen-bond donors (Lipinski definition) is 1. The number of amides is 1. The normalized spacial score (nSPS) is 12.7. The fraction of sp³-hybridized carbons (Fsp3) is 0.316. The molecule has 0 spiro atoms. The zero-order valence-corrected chi connectivity index (χ0v) is 15.0. The molecule has 0 bridgehead atoms. The average Bonchev–Trinajstić information content (AvgIpc) is 2.96. The van der Waals surface area contributed by atoms with Crippen molar-refractivity contribution in [1.29, 1.82) is 0 Å². The van der Waals surface area contributed by atoms with Gasteiger partial charge in [-0.1, -0.05) is 23.7 Å². The second-order valence-corrected chi connectivity index (χ2v) is 6.42. The van der Waals surface area contributed by atoms with Crippen molar-refractivity contribution < 1.29 is 9.21 Å². The number of nitrogens with zero attached hydrogens (tertiary/aromatic N) is 1. The van der Waals surface area contributed by atoms with Crippen LogP contribution in [0, 0.1) is 6.92 Å². The first-order valence-electron chi connectivity index (χ1n) is 7.89. The third-order valence-corrected chi connectivity index (χ3v) is 3.87. The third-order valence-electron chi connectivity index (χ3n) is 3.61. The smallest absolute Gasteiger partial charge is 0.244 e. The molecule has 24 heavy (non-hydrogen) atoms. The molecule has 2 rings (SSSR count). The molecule has 0 saturated carbocycles. The number of carbonyl (C=O) groups is 1. The number of halogens is 1. The summed E-state index contributed by atoms with van der Waals surface area (Å²) in [5.41, 5.74) is 1.04. The van der Waals surface area contributed by atoms with Crippen molar-refractivity contribution in [2.75, 3.05) is 20.6 Å². The fourth-order valence-electron chi connectivity index (χ4n) is 2.33. The molecule has 0 radical (unpaired) electrons. The van der Waals surface area contributed by atoms with Gasteiger partial charge < -0.3 is 14.6 Å². The van der Waals surface area contributed by atoms with Crippen LogP contribution in [0.4, 0.5) is 0 Å². The molecule has 4 nitrogen and oxygen atoms in total. The van der Waals surface area contributed by atoms with E-state index in [4.69, 9.17) is 16.0 Å². The van der Waals surface area contributed by atoms with Crippen molar-refractivity contribution in [3.63, 3.8) is 0 Å². The first kappa shape index (κ1) is 18.3. The van der Waals surface area contributed by atoms with Crippen LogP contribution < -0.4 is 5.32 Å². The third kappa shape index (κ3) is 5.87. The predicted molar refractivity (Wildman–Crippen MR) is 98.0 cm³/mol. The summed E-state index contributed by atoms with van der Waals surface area (Å²) in [6.07, 6.45) is 3.98. The summed E-state index contributed by atoms with van der Waals surface area (Å²) in [7, 11) is 4.03. The van der Waals surface area contributed by atoms with Gasteiger partial charge in [0, 0.05) is 11.1 Å². The van der Waals surface area contributed by atoms with Gasteiger partial charge in [0.25, 0.3) is 0 Å². The maximum absolute atomic E-state index is 12.2. The Morgan fingerprint density at radius 1 is 1.25 bits per heavy atom. The number of benzene rings is 1. The number of hydrogen-bond acceptors (Lipinski definition) is 3. The summed E-state index contributed by atoms with van der Waals surface area (Å²) in [4.78, 5) is 14.3. The van der Waals surface area contributed by atoms with Crippen LogP contribution in [0.5, 0.6) is 0 Å². The van der Waals surface area contributed by atoms with Gasteiger partial charge in [-0.3, -0.25) is 4.79 Å². The Bertz CT molecular complexity index is 690. The number of aryl methyl sites for hydroxylation is 1. The molecule has 5 heteroatoms. The minimum absolute atomic E-state index is 0.0693. The summed E-state index contributed by atoms with van der Waals surface area (Å²) >= 11 is 5.95. The van der Waals surface area contributed by atoms with Crippen molar-refractivity contribution in [1.82, 2.24) is 10.2 Å². The van der Waals surface area contributed by atoms with Crippen LogP contribution in [0.1, 0.15) is 29.5 Å². The van der Waals surface area contributed by atoms with Gasteiger partial charge in [-0.25, -0.2) is 0 Å². The van der Waals surface area contributed by atoms with Gasteiger partial charge in [-0.2, -0.15) is 0 Å². The first-order chi connectivity index (χ1) is 11.4. The Morgan fingerprint density at radius 2 is 1.96 bits per heavy atom. The Balaban J connectivity index is 2.04. The minimum atomic E-state index is -0.150. The lowest BCUT2D eigenvalue weighted by Gasteiger charge is -2.20. The molecule has 0 aliphatic rings. The Hall–Kier alpha value is -2.04. The van der Waals surface area contributed by atoms with Gasteiger partial charge in [0.1, 0.15) is 11.5 Å². The fourth-order valence-corrected chi connectivity index (χ4v) is 2.45. The van der Waals surface area contributed by atoms with E-state index in [1.54, 1.807) is 6.08 Å². The highest BCUT2D eigenvalue weighted by Gasteiger charge is 2.14. The second-order valence-electron chi connectivity index (χ2n) is 5.99. The molecule has 0 fully saturated rings. The molecule has 1 atom stereocenters. The standard InChI is InChI=1S/C19H23ClN2O2/c1-14-4-9-17(24-14)10-11-19(23)21-18(12-13-22(2)3)15-5-7-16(20)8-6-15/h4-11,18H,12-13H2,1-3H3,(H,21,23)/b11-10+. The highest BCUT2D eigenvalue weighted by atomic mass is 35.5. The number of nitrogens with one attached hydrogen (secondary N) is 1. The zero-order valence-electron chi connectivity index (χ0n) is 14.3. The number of furan rings is 1. The summed E-state index contributed by atoms with van der Waals surface area (Å²) < 4.78 is 5.43. The van der Waals surface area contributed by atoms with Crippen molar-refractivity contribution >= 4 is 23.6 Å². The average molecular weight is 347 g/mol. The first-order valence-corrected chi connectivity index (χ1v) is 8.27. The minimum Gasteiger partial charge on any atom is -0.462 e. The topological polar surface area (TPSA) is 45.5 Å². The van der Waals surface area contributed by atoms with Gasteiger partial charge in [-0.05, 0) is 69.9 Å². The van der Waals surface area contributed by atoms with Gasteiger partial charge in [0.15, 0.2) is 0 Å². The maximum Gasteiger partial charge on any atom is 0.244 e. The lowest BCUT2D eigenvalue weighted by molar-refractivity contribution is -0.117. The molecular formula is C19H23ClN2O2. The van der Waals surface area contributed by atoms with Gasteiger partial charge in [0.2, 0.25) is 5.91 Å². The second kappa shape index (κ2) is 8.71. The van der Waals surface area contributed by atoms with Gasteiger partial charge in [0.05, 0.1) is 6.04 Å². The molecule has 1 unspecified atom stereocenters. The van der Waals surface area contributed by atoms with Crippen molar-refractivity contribution in [3.8, 4) is 0 Å². The summed E-state index contributed by atoms with van der Waals surface area (Å²) in [6.45, 7) is 2.74. The maximum atomic E-state index is 12.2. The molecule has 1 N–H and O–H groups in total. The van der Waals surface area contributed by atoms with Crippen LogP contribution in [0.25, 0.3) is 6.08 Å². The van der Waals surface area contributed by atoms with E-state index in [1.165, 1.54) is 6.08 Å². The van der Waals surface area contributed by atoms with E-state index in [-0.39, 0.29) is 11.9 Å². The summed E-state index contributed by atoms with van der Waals surface area (Å²) in [5.74, 6) is 1.34. The molecule has 128 valence electrons. The quantitative estimate of drug-likeness (QED) is 0.769. The monoisotopic (exact) mass is 346 g/mol. The summed E-state index contributed by atoms with van der Waals surface area (Å²) in [6, 6.07) is 11.2. The van der Waals surface area contributed by atoms with E-state index in [2.05, 4.69) is 10.2 Å². The van der Waals surface area contributed by atoms with E-state index in [0.717, 1.165) is 24.3 Å². The highest BCUT2D eigenvalue weighted by Crippen LogP contribution is 2.20. The lowest BCUT2D eigenvalue weighted by Crippen LogP contribution is -2.29. The Morgan fingerprint density at radius 3 is 2.54 bits per heavy atom. The molecule has 0 saturated heterocycles. The molecule has 1 heterocycles. The van der Waals surface area contributed by atoms with Crippen LogP contribution in [0.3, 0.4) is 0 Å². The zero-order chi connectivity index (χ0) is 17.5. The molecule has 2 aromatic rings. The molecule has 0 aliphatic heterocycles. The number of rotatable bonds is 7. The largest absolute Gasteiger partial charge is 0.462 e. The van der Waals surface area contributed by atoms with E-state index in [1.807, 2.05) is 57.4 Å². The lowest BCUT2D eigenvalue weighted by atomic mass is 10.0.